The van der Waals surface area contributed by atoms with Crippen LogP contribution in [0.1, 0.15) is 32.1 Å². The normalized spacial score (nSPS) is 20.5. The number of rotatable bonds is 3. The molecular formula is C10H17ClFNO. The summed E-state index contributed by atoms with van der Waals surface area (Å²) in [7, 11) is 1.62. The molecule has 82 valence electrons. The van der Waals surface area contributed by atoms with Crippen LogP contribution in [-0.2, 0) is 4.79 Å². The van der Waals surface area contributed by atoms with Gasteiger partial charge in [-0.1, -0.05) is 30.9 Å². The van der Waals surface area contributed by atoms with Crippen LogP contribution in [0.3, 0.4) is 0 Å². The van der Waals surface area contributed by atoms with E-state index in [0.717, 1.165) is 12.8 Å². The Hall–Kier alpha value is -0.310. The van der Waals surface area contributed by atoms with Gasteiger partial charge in [-0.2, -0.15) is 0 Å². The first-order valence-corrected chi connectivity index (χ1v) is 5.58. The van der Waals surface area contributed by atoms with Gasteiger partial charge in [-0.15, -0.1) is 0 Å². The largest absolute Gasteiger partial charge is 0.342 e. The molecule has 0 aromatic carbocycles. The van der Waals surface area contributed by atoms with E-state index in [1.54, 1.807) is 7.05 Å². The third-order valence-corrected chi connectivity index (χ3v) is 3.01. The van der Waals surface area contributed by atoms with Crippen molar-refractivity contribution in [2.45, 2.75) is 37.7 Å². The minimum absolute atomic E-state index is 0.535. The Labute approximate surface area is 89.4 Å². The first-order chi connectivity index (χ1) is 6.61. The molecule has 4 heteroatoms. The summed E-state index contributed by atoms with van der Waals surface area (Å²) in [6, 6.07) is 0. The topological polar surface area (TPSA) is 20.3 Å². The van der Waals surface area contributed by atoms with Crippen molar-refractivity contribution in [3.8, 4) is 0 Å². The third-order valence-electron chi connectivity index (χ3n) is 2.82. The predicted octanol–water partition coefficient (Wildman–Crippen LogP) is 2.56. The van der Waals surface area contributed by atoms with Crippen LogP contribution in [0.2, 0.25) is 0 Å². The van der Waals surface area contributed by atoms with Crippen LogP contribution in [0.15, 0.2) is 0 Å². The molecule has 0 bridgehead atoms. The molecule has 1 rings (SSSR count). The van der Waals surface area contributed by atoms with E-state index in [4.69, 9.17) is 11.6 Å². The van der Waals surface area contributed by atoms with Gasteiger partial charge in [-0.25, -0.2) is 4.39 Å². The number of amides is 1. The van der Waals surface area contributed by atoms with Crippen LogP contribution in [-0.4, -0.2) is 30.0 Å². The Morgan fingerprint density at radius 3 is 2.57 bits per heavy atom. The zero-order valence-corrected chi connectivity index (χ0v) is 9.26. The van der Waals surface area contributed by atoms with Crippen molar-refractivity contribution in [3.63, 3.8) is 0 Å². The van der Waals surface area contributed by atoms with Gasteiger partial charge in [-0.3, -0.25) is 4.79 Å². The molecule has 1 fully saturated rings. The lowest BCUT2D eigenvalue weighted by molar-refractivity contribution is -0.133. The summed E-state index contributed by atoms with van der Waals surface area (Å²) in [4.78, 5) is 12.5. The van der Waals surface area contributed by atoms with Crippen molar-refractivity contribution in [1.29, 1.82) is 0 Å². The van der Waals surface area contributed by atoms with Crippen LogP contribution in [0.5, 0.6) is 0 Å². The Kier molecular flexibility index (Phi) is 4.66. The summed E-state index contributed by atoms with van der Waals surface area (Å²) in [5.41, 5.74) is -1.89. The molecule has 0 aromatic heterocycles. The van der Waals surface area contributed by atoms with Gasteiger partial charge in [0.1, 0.15) is 0 Å². The van der Waals surface area contributed by atoms with Gasteiger partial charge in [0.05, 0.1) is 0 Å². The molecule has 0 N–H and O–H groups in total. The summed E-state index contributed by atoms with van der Waals surface area (Å²) in [5, 5.41) is 0. The second-order valence-corrected chi connectivity index (χ2v) is 4.41. The number of halogens is 2. The van der Waals surface area contributed by atoms with Crippen molar-refractivity contribution in [2.75, 3.05) is 13.6 Å². The number of hydrogen-bond acceptors (Lipinski definition) is 1. The monoisotopic (exact) mass is 221 g/mol. The Morgan fingerprint density at radius 1 is 1.50 bits per heavy atom. The molecule has 1 aliphatic carbocycles. The molecule has 1 unspecified atom stereocenters. The van der Waals surface area contributed by atoms with Crippen molar-refractivity contribution in [1.82, 2.24) is 4.90 Å². The van der Waals surface area contributed by atoms with Gasteiger partial charge >= 0.3 is 0 Å². The summed E-state index contributed by atoms with van der Waals surface area (Å²) in [6.07, 6.45) is 6.04. The van der Waals surface area contributed by atoms with Crippen LogP contribution >= 0.6 is 11.6 Å². The van der Waals surface area contributed by atoms with E-state index in [2.05, 4.69) is 0 Å². The van der Waals surface area contributed by atoms with Gasteiger partial charge in [0.15, 0.2) is 0 Å². The molecule has 1 aliphatic rings. The maximum Gasteiger partial charge on any atom is 0.272 e. The van der Waals surface area contributed by atoms with E-state index in [-0.39, 0.29) is 0 Å². The number of carbonyl (C=O) groups is 1. The Bertz CT molecular complexity index is 193. The molecule has 1 saturated carbocycles. The Balaban J connectivity index is 2.31. The molecule has 2 nitrogen and oxygen atoms in total. The standard InChI is InChI=1S/C10H17ClFNO/c1-13(10(14)9(11)12)7-8-5-3-2-4-6-8/h8-9H,2-7H2,1H3. The number of carbonyl (C=O) groups excluding carboxylic acids is 1. The summed E-state index contributed by atoms with van der Waals surface area (Å²) >= 11 is 5.08. The molecule has 0 saturated heterocycles. The smallest absolute Gasteiger partial charge is 0.272 e. The first kappa shape index (κ1) is 11.8. The van der Waals surface area contributed by atoms with Crippen LogP contribution < -0.4 is 0 Å². The number of nitrogens with zero attached hydrogens (tertiary/aromatic N) is 1. The number of alkyl halides is 2. The molecule has 0 spiro atoms. The average molecular weight is 222 g/mol. The van der Waals surface area contributed by atoms with Gasteiger partial charge < -0.3 is 4.90 Å². The molecule has 1 amide bonds. The number of hydrogen-bond donors (Lipinski definition) is 0. The fourth-order valence-electron chi connectivity index (χ4n) is 2.01. The first-order valence-electron chi connectivity index (χ1n) is 5.14. The van der Waals surface area contributed by atoms with Crippen molar-refractivity contribution >= 4 is 17.5 Å². The molecule has 14 heavy (non-hydrogen) atoms. The van der Waals surface area contributed by atoms with Crippen molar-refractivity contribution in [2.24, 2.45) is 5.92 Å². The van der Waals surface area contributed by atoms with Crippen LogP contribution in [0.4, 0.5) is 4.39 Å². The molecule has 0 aromatic rings. The molecule has 0 aliphatic heterocycles. The van der Waals surface area contributed by atoms with Gasteiger partial charge in [0.25, 0.3) is 11.5 Å². The SMILES string of the molecule is CN(CC1CCCCC1)C(=O)C(F)Cl. The molecule has 1 atom stereocenters. The minimum Gasteiger partial charge on any atom is -0.342 e. The van der Waals surface area contributed by atoms with Crippen molar-refractivity contribution < 1.29 is 9.18 Å². The van der Waals surface area contributed by atoms with E-state index in [1.165, 1.54) is 24.2 Å². The zero-order chi connectivity index (χ0) is 10.6. The van der Waals surface area contributed by atoms with E-state index >= 15 is 0 Å². The van der Waals surface area contributed by atoms with Gasteiger partial charge in [0.2, 0.25) is 0 Å². The highest BCUT2D eigenvalue weighted by Crippen LogP contribution is 2.24. The maximum atomic E-state index is 12.5. The highest BCUT2D eigenvalue weighted by molar-refractivity contribution is 6.29. The fourth-order valence-corrected chi connectivity index (χ4v) is 2.18. The summed E-state index contributed by atoms with van der Waals surface area (Å²) in [5.74, 6) is -0.0784. The Morgan fingerprint density at radius 2 is 2.07 bits per heavy atom. The zero-order valence-electron chi connectivity index (χ0n) is 8.51. The van der Waals surface area contributed by atoms with E-state index < -0.39 is 11.5 Å². The summed E-state index contributed by atoms with van der Waals surface area (Å²) < 4.78 is 12.5. The molecular weight excluding hydrogens is 205 g/mol. The van der Waals surface area contributed by atoms with E-state index in [1.807, 2.05) is 0 Å². The van der Waals surface area contributed by atoms with E-state index in [9.17, 15) is 9.18 Å². The highest BCUT2D eigenvalue weighted by atomic mass is 35.5. The molecule has 0 radical (unpaired) electrons. The van der Waals surface area contributed by atoms with Gasteiger partial charge in [-0.05, 0) is 18.8 Å². The lowest BCUT2D eigenvalue weighted by atomic mass is 9.89. The second kappa shape index (κ2) is 5.54. The maximum absolute atomic E-state index is 12.5. The van der Waals surface area contributed by atoms with Crippen molar-refractivity contribution in [3.05, 3.63) is 0 Å². The lowest BCUT2D eigenvalue weighted by Gasteiger charge is -2.27. The van der Waals surface area contributed by atoms with Crippen LogP contribution in [0, 0.1) is 5.92 Å². The van der Waals surface area contributed by atoms with Crippen LogP contribution in [0.25, 0.3) is 0 Å². The third kappa shape index (κ3) is 3.45. The van der Waals surface area contributed by atoms with Gasteiger partial charge in [0, 0.05) is 13.6 Å². The summed E-state index contributed by atoms with van der Waals surface area (Å²) in [6.45, 7) is 0.645. The minimum atomic E-state index is -1.89. The molecule has 0 heterocycles. The lowest BCUT2D eigenvalue weighted by Crippen LogP contribution is -2.36. The van der Waals surface area contributed by atoms with E-state index in [0.29, 0.717) is 12.5 Å². The highest BCUT2D eigenvalue weighted by Gasteiger charge is 2.22. The fraction of sp³-hybridized carbons (Fsp3) is 0.900. The average Bonchev–Trinajstić information content (AvgIpc) is 2.18. The quantitative estimate of drug-likeness (QED) is 0.671. The second-order valence-electron chi connectivity index (χ2n) is 4.02. The predicted molar refractivity (Wildman–Crippen MR) is 55.0 cm³/mol.